The molecule has 54 heavy (non-hydrogen) atoms. The number of esters is 2. The summed E-state index contributed by atoms with van der Waals surface area (Å²) in [6, 6.07) is 20.0. The summed E-state index contributed by atoms with van der Waals surface area (Å²) in [6.45, 7) is 3.35. The Kier molecular flexibility index (Phi) is 10.1. The van der Waals surface area contributed by atoms with Crippen molar-refractivity contribution in [3.05, 3.63) is 123 Å². The van der Waals surface area contributed by atoms with Gasteiger partial charge in [-0.2, -0.15) is 4.98 Å². The lowest BCUT2D eigenvalue weighted by Crippen LogP contribution is -2.32. The highest BCUT2D eigenvalue weighted by Gasteiger charge is 2.41. The fourth-order valence-electron chi connectivity index (χ4n) is 6.24. The number of carbonyl (C=O) groups excluding carboxylic acids is 4. The van der Waals surface area contributed by atoms with Crippen molar-refractivity contribution in [2.75, 3.05) is 19.5 Å². The summed E-state index contributed by atoms with van der Waals surface area (Å²) in [5, 5.41) is 0.274. The van der Waals surface area contributed by atoms with E-state index in [-0.39, 0.29) is 53.4 Å². The van der Waals surface area contributed by atoms with E-state index < -0.39 is 57.2 Å². The highest BCUT2D eigenvalue weighted by molar-refractivity contribution is 7.90. The van der Waals surface area contributed by atoms with E-state index in [4.69, 9.17) is 30.6 Å². The number of nitrogens with zero attached hydrogens (tertiary/aromatic N) is 4. The van der Waals surface area contributed by atoms with Crippen LogP contribution in [0, 0.1) is 13.8 Å². The van der Waals surface area contributed by atoms with Crippen LogP contribution in [0.3, 0.4) is 0 Å². The number of imide groups is 1. The predicted molar refractivity (Wildman–Crippen MR) is 193 cm³/mol. The number of fused-ring (bicyclic) bond motifs is 2. The number of sulfone groups is 1. The Bertz CT molecular complexity index is 2380. The number of hydrogen-bond acceptors (Lipinski definition) is 12. The lowest BCUT2D eigenvalue weighted by atomic mass is 10.1. The minimum Gasteiger partial charge on any atom is -0.459 e. The molecule has 1 saturated heterocycles. The number of carbonyl (C=O) groups is 4. The van der Waals surface area contributed by atoms with Gasteiger partial charge in [-0.05, 0) is 55.8 Å². The molecule has 0 aliphatic carbocycles. The van der Waals surface area contributed by atoms with Crippen molar-refractivity contribution in [1.29, 1.82) is 0 Å². The Morgan fingerprint density at radius 1 is 0.889 bits per heavy atom. The molecule has 7 rings (SSSR count). The van der Waals surface area contributed by atoms with E-state index in [0.717, 1.165) is 17.4 Å². The van der Waals surface area contributed by atoms with Gasteiger partial charge in [0.25, 0.3) is 11.8 Å². The van der Waals surface area contributed by atoms with E-state index in [1.54, 1.807) is 71.4 Å². The molecular formula is C38H33ClN4O10S. The van der Waals surface area contributed by atoms with Crippen molar-refractivity contribution in [1.82, 2.24) is 19.6 Å². The summed E-state index contributed by atoms with van der Waals surface area (Å²) in [6.07, 6.45) is -0.0884. The molecule has 0 radical (unpaired) electrons. The quantitative estimate of drug-likeness (QED) is 0.0740. The third-order valence-corrected chi connectivity index (χ3v) is 10.2. The number of ether oxygens (including phenoxy) is 3. The van der Waals surface area contributed by atoms with E-state index >= 15 is 0 Å². The number of benzene rings is 3. The average molecular weight is 773 g/mol. The second-order valence-corrected chi connectivity index (χ2v) is 15.3. The summed E-state index contributed by atoms with van der Waals surface area (Å²) in [5.41, 5.74) is 3.58. The van der Waals surface area contributed by atoms with E-state index in [9.17, 15) is 27.6 Å². The minimum atomic E-state index is -3.93. The van der Waals surface area contributed by atoms with Crippen molar-refractivity contribution < 1.29 is 46.6 Å². The lowest BCUT2D eigenvalue weighted by molar-refractivity contribution is -0.0901. The van der Waals surface area contributed by atoms with Gasteiger partial charge >= 0.3 is 11.9 Å². The minimum absolute atomic E-state index is 0.0505. The highest BCUT2D eigenvalue weighted by Crippen LogP contribution is 2.37. The molecule has 2 aliphatic rings. The number of aryl methyl sites for hydroxylation is 2. The molecule has 0 unspecified atom stereocenters. The molecule has 4 heterocycles. The molecule has 3 atom stereocenters. The lowest BCUT2D eigenvalue weighted by Gasteiger charge is -2.19. The van der Waals surface area contributed by atoms with E-state index in [1.165, 1.54) is 12.1 Å². The van der Waals surface area contributed by atoms with Gasteiger partial charge in [-0.3, -0.25) is 14.4 Å². The highest BCUT2D eigenvalue weighted by atomic mass is 35.5. The first-order valence-electron chi connectivity index (χ1n) is 16.8. The summed E-state index contributed by atoms with van der Waals surface area (Å²) >= 11 is 6.61. The third kappa shape index (κ3) is 7.35. The molecule has 14 nitrogen and oxygen atoms in total. The first-order valence-corrected chi connectivity index (χ1v) is 19.1. The van der Waals surface area contributed by atoms with Gasteiger partial charge in [-0.25, -0.2) is 23.0 Å². The number of hydrogen-bond donors (Lipinski definition) is 0. The Labute approximate surface area is 314 Å². The Hall–Kier alpha value is -5.48. The maximum Gasteiger partial charge on any atom is 0.338 e. The van der Waals surface area contributed by atoms with Gasteiger partial charge in [0.05, 0.1) is 34.2 Å². The molecule has 0 bridgehead atoms. The number of halogens is 1. The monoisotopic (exact) mass is 772 g/mol. The molecule has 1 fully saturated rings. The Morgan fingerprint density at radius 3 is 2.07 bits per heavy atom. The van der Waals surface area contributed by atoms with Gasteiger partial charge in [0.1, 0.15) is 35.8 Å². The van der Waals surface area contributed by atoms with Crippen LogP contribution in [0.5, 0.6) is 0 Å². The molecule has 16 heteroatoms. The summed E-state index contributed by atoms with van der Waals surface area (Å²) in [4.78, 5) is 66.0. The van der Waals surface area contributed by atoms with Gasteiger partial charge in [0.2, 0.25) is 15.0 Å². The molecule has 3 aromatic carbocycles. The van der Waals surface area contributed by atoms with Crippen LogP contribution in [0.15, 0.2) is 84.1 Å². The van der Waals surface area contributed by atoms with Crippen LogP contribution in [0.1, 0.15) is 70.8 Å². The van der Waals surface area contributed by atoms with Gasteiger partial charge in [0.15, 0.2) is 0 Å². The van der Waals surface area contributed by atoms with Crippen molar-refractivity contribution in [2.45, 2.75) is 50.3 Å². The van der Waals surface area contributed by atoms with Gasteiger partial charge < -0.3 is 18.8 Å². The van der Waals surface area contributed by atoms with E-state index in [2.05, 4.69) is 9.97 Å². The number of hydroxylamine groups is 2. The van der Waals surface area contributed by atoms with E-state index in [1.807, 2.05) is 13.8 Å². The van der Waals surface area contributed by atoms with Gasteiger partial charge in [0, 0.05) is 25.3 Å². The average Bonchev–Trinajstić information content (AvgIpc) is 3.79. The molecule has 2 amide bonds. The maximum atomic E-state index is 13.3. The predicted octanol–water partition coefficient (Wildman–Crippen LogP) is 5.25. The summed E-state index contributed by atoms with van der Waals surface area (Å²) in [7, 11) is -3.93. The molecular weight excluding hydrogens is 740 g/mol. The van der Waals surface area contributed by atoms with E-state index in [0.29, 0.717) is 21.8 Å². The molecule has 0 spiro atoms. The summed E-state index contributed by atoms with van der Waals surface area (Å²) in [5.74, 6) is -2.42. The second-order valence-electron chi connectivity index (χ2n) is 13.0. The second kappa shape index (κ2) is 14.7. The maximum absolute atomic E-state index is 13.3. The van der Waals surface area contributed by atoms with Crippen LogP contribution in [-0.4, -0.2) is 83.4 Å². The number of aromatic nitrogens is 3. The zero-order valence-corrected chi connectivity index (χ0v) is 30.8. The molecule has 278 valence electrons. The molecule has 2 aromatic heterocycles. The summed E-state index contributed by atoms with van der Waals surface area (Å²) < 4.78 is 44.7. The largest absolute Gasteiger partial charge is 0.459 e. The molecule has 2 aliphatic heterocycles. The van der Waals surface area contributed by atoms with Crippen LogP contribution in [0.4, 0.5) is 0 Å². The zero-order chi connectivity index (χ0) is 38.3. The Balaban J connectivity index is 1.18. The number of rotatable bonds is 11. The van der Waals surface area contributed by atoms with Crippen LogP contribution >= 0.6 is 11.6 Å². The normalized spacial score (nSPS) is 18.3. The molecule has 0 saturated carbocycles. The van der Waals surface area contributed by atoms with Crippen molar-refractivity contribution in [2.24, 2.45) is 0 Å². The van der Waals surface area contributed by atoms with Crippen molar-refractivity contribution >= 4 is 56.2 Å². The molecule has 0 N–H and O–H groups in total. The Morgan fingerprint density at radius 2 is 1.48 bits per heavy atom. The first-order chi connectivity index (χ1) is 25.8. The fraction of sp³-hybridized carbons (Fsp3) is 0.263. The van der Waals surface area contributed by atoms with Gasteiger partial charge in [-0.15, -0.1) is 5.06 Å². The third-order valence-electron chi connectivity index (χ3n) is 9.07. The topological polar surface area (TPSA) is 173 Å². The van der Waals surface area contributed by atoms with Crippen LogP contribution in [-0.2, 0) is 35.3 Å². The van der Waals surface area contributed by atoms with Gasteiger partial charge in [-0.1, -0.05) is 59.1 Å². The van der Waals surface area contributed by atoms with Crippen LogP contribution < -0.4 is 0 Å². The molecule has 5 aromatic rings. The SMILES string of the molecule is Cc1ccc(C(=O)OC[C@H]2O[C@@H](n3cc(CCON4C(=O)c5ccccc5C4=O)c4c(Cl)nc(S(C)(=O)=O)nc43)C[C@@H]2OC(=O)c2ccc(C)cc2)cc1. The van der Waals surface area contributed by atoms with Crippen LogP contribution in [0.25, 0.3) is 11.0 Å². The first kappa shape index (κ1) is 36.9. The standard InChI is InChI=1S/C38H33ClN4O10S/c1-21-8-12-23(13-9-21)36(46)50-20-29-28(53-37(47)24-14-10-22(2)11-15-24)18-30(52-29)42-19-25(31-32(39)40-38(41-33(31)42)54(3,48)49)16-17-51-43-34(44)26-6-4-5-7-27(26)35(43)45/h4-15,19,28-30H,16-18,20H2,1-3H3/t28-,29+,30+/m0/s1. The van der Waals surface area contributed by atoms with Crippen LogP contribution in [0.2, 0.25) is 5.15 Å². The smallest absolute Gasteiger partial charge is 0.338 e. The van der Waals surface area contributed by atoms with Crippen molar-refractivity contribution in [3.63, 3.8) is 0 Å². The zero-order valence-electron chi connectivity index (χ0n) is 29.2. The number of amides is 2. The fourth-order valence-corrected chi connectivity index (χ4v) is 7.08. The van der Waals surface area contributed by atoms with Crippen molar-refractivity contribution in [3.8, 4) is 0 Å².